The maximum atomic E-state index is 12.8. The first-order valence-corrected chi connectivity index (χ1v) is 9.26. The summed E-state index contributed by atoms with van der Waals surface area (Å²) < 4.78 is 38.4. The SMILES string of the molecule is Cc1cc(NPI)c(C=N)c(Br)c1C(F)(F)F. The third-order valence-corrected chi connectivity index (χ3v) is 4.11. The molecule has 2 N–H and O–H groups in total. The molecule has 2 nitrogen and oxygen atoms in total. The van der Waals surface area contributed by atoms with E-state index in [1.807, 2.05) is 0 Å². The van der Waals surface area contributed by atoms with E-state index in [9.17, 15) is 13.2 Å². The molecule has 8 heteroatoms. The van der Waals surface area contributed by atoms with Crippen LogP contribution in [0.1, 0.15) is 16.7 Å². The van der Waals surface area contributed by atoms with Crippen molar-refractivity contribution in [3.8, 4) is 0 Å². The first-order valence-electron chi connectivity index (χ1n) is 4.35. The van der Waals surface area contributed by atoms with Crippen molar-refractivity contribution in [1.82, 2.24) is 0 Å². The Kier molecular flexibility index (Phi) is 5.21. The predicted octanol–water partition coefficient (Wildman–Crippen LogP) is 5.13. The molecule has 0 spiro atoms. The lowest BCUT2D eigenvalue weighted by molar-refractivity contribution is -0.138. The Labute approximate surface area is 120 Å². The Hall–Kier alpha value is 0.120. The maximum Gasteiger partial charge on any atom is 0.417 e. The van der Waals surface area contributed by atoms with E-state index < -0.39 is 11.7 Å². The number of nitrogens with one attached hydrogen (secondary N) is 2. The summed E-state index contributed by atoms with van der Waals surface area (Å²) in [6, 6.07) is 1.42. The zero-order chi connectivity index (χ0) is 13.2. The number of halogens is 5. The molecule has 0 bridgehead atoms. The average Bonchev–Trinajstić information content (AvgIpc) is 2.15. The van der Waals surface area contributed by atoms with Gasteiger partial charge in [-0.25, -0.2) is 0 Å². The summed E-state index contributed by atoms with van der Waals surface area (Å²) in [6.45, 7) is 1.41. The molecular formula is C9H8BrF3IN2P. The molecule has 0 saturated heterocycles. The van der Waals surface area contributed by atoms with E-state index in [-0.39, 0.29) is 15.6 Å². The Morgan fingerprint density at radius 3 is 2.53 bits per heavy atom. The van der Waals surface area contributed by atoms with Crippen LogP contribution in [0.3, 0.4) is 0 Å². The third-order valence-electron chi connectivity index (χ3n) is 2.11. The summed E-state index contributed by atoms with van der Waals surface area (Å²) >= 11 is 5.01. The number of rotatable bonds is 3. The van der Waals surface area contributed by atoms with Gasteiger partial charge in [-0.3, -0.25) is 0 Å². The summed E-state index contributed by atoms with van der Waals surface area (Å²) in [6.07, 6.45) is -3.18. The Morgan fingerprint density at radius 2 is 2.12 bits per heavy atom. The number of alkyl halides is 3. The van der Waals surface area contributed by atoms with Crippen LogP contribution in [0.2, 0.25) is 0 Å². The molecule has 17 heavy (non-hydrogen) atoms. The van der Waals surface area contributed by atoms with Gasteiger partial charge in [0.2, 0.25) is 0 Å². The fourth-order valence-corrected chi connectivity index (χ4v) is 3.48. The summed E-state index contributed by atoms with van der Waals surface area (Å²) in [5.41, 5.74) is 0.155. The number of hydrogen-bond donors (Lipinski definition) is 2. The summed E-state index contributed by atoms with van der Waals surface area (Å²) in [4.78, 5) is 0. The third kappa shape index (κ3) is 3.32. The molecule has 1 aromatic rings. The zero-order valence-electron chi connectivity index (χ0n) is 8.54. The van der Waals surface area contributed by atoms with Crippen LogP contribution >= 0.6 is 44.3 Å². The van der Waals surface area contributed by atoms with Crippen molar-refractivity contribution >= 4 is 56.2 Å². The number of aryl methyl sites for hydroxylation is 1. The number of benzene rings is 1. The van der Waals surface area contributed by atoms with Crippen LogP contribution in [-0.4, -0.2) is 6.21 Å². The van der Waals surface area contributed by atoms with Crippen LogP contribution in [0.15, 0.2) is 10.5 Å². The quantitative estimate of drug-likeness (QED) is 0.383. The van der Waals surface area contributed by atoms with Crippen LogP contribution in [0.25, 0.3) is 0 Å². The van der Waals surface area contributed by atoms with Gasteiger partial charge in [0.05, 0.1) is 5.56 Å². The molecule has 0 aliphatic carbocycles. The molecule has 1 rings (SSSR count). The largest absolute Gasteiger partial charge is 0.417 e. The fraction of sp³-hybridized carbons (Fsp3) is 0.222. The smallest absolute Gasteiger partial charge is 0.358 e. The predicted molar refractivity (Wildman–Crippen MR) is 77.7 cm³/mol. The Balaban J connectivity index is 3.52. The molecule has 0 amide bonds. The highest BCUT2D eigenvalue weighted by Gasteiger charge is 2.36. The van der Waals surface area contributed by atoms with E-state index in [1.165, 1.54) is 13.0 Å². The van der Waals surface area contributed by atoms with Crippen molar-refractivity contribution in [2.45, 2.75) is 13.1 Å². The molecule has 1 unspecified atom stereocenters. The van der Waals surface area contributed by atoms with Gasteiger partial charge in [0.1, 0.15) is 0 Å². The van der Waals surface area contributed by atoms with Crippen LogP contribution in [-0.2, 0) is 6.18 Å². The minimum absolute atomic E-state index is 0.0860. The highest BCUT2D eigenvalue weighted by atomic mass is 127. The van der Waals surface area contributed by atoms with Gasteiger partial charge in [-0.15, -0.1) is 0 Å². The van der Waals surface area contributed by atoms with E-state index in [2.05, 4.69) is 43.1 Å². The topological polar surface area (TPSA) is 35.9 Å². The van der Waals surface area contributed by atoms with Crippen LogP contribution in [0.4, 0.5) is 18.9 Å². The van der Waals surface area contributed by atoms with Gasteiger partial charge < -0.3 is 10.5 Å². The van der Waals surface area contributed by atoms with E-state index in [0.717, 1.165) is 6.21 Å². The van der Waals surface area contributed by atoms with Gasteiger partial charge in [-0.2, -0.15) is 13.2 Å². The molecule has 0 fully saturated rings. The lowest BCUT2D eigenvalue weighted by Gasteiger charge is -2.17. The fourth-order valence-electron chi connectivity index (χ4n) is 1.44. The van der Waals surface area contributed by atoms with Crippen molar-refractivity contribution in [2.24, 2.45) is 0 Å². The van der Waals surface area contributed by atoms with Crippen LogP contribution in [0.5, 0.6) is 0 Å². The molecule has 0 heterocycles. The van der Waals surface area contributed by atoms with E-state index in [0.29, 0.717) is 12.1 Å². The van der Waals surface area contributed by atoms with Gasteiger partial charge in [0.15, 0.2) is 0 Å². The number of anilines is 1. The summed E-state index contributed by atoms with van der Waals surface area (Å²) in [5.74, 6) is 0. The second-order valence-electron chi connectivity index (χ2n) is 3.21. The van der Waals surface area contributed by atoms with E-state index >= 15 is 0 Å². The first-order chi connectivity index (χ1) is 7.82. The van der Waals surface area contributed by atoms with E-state index in [1.54, 1.807) is 0 Å². The molecule has 0 saturated carbocycles. The molecule has 1 atom stereocenters. The Morgan fingerprint density at radius 1 is 1.53 bits per heavy atom. The van der Waals surface area contributed by atoms with Crippen molar-refractivity contribution in [3.63, 3.8) is 0 Å². The van der Waals surface area contributed by atoms with Gasteiger partial charge in [-0.05, 0) is 56.5 Å². The molecule has 94 valence electrons. The minimum atomic E-state index is -4.42. The van der Waals surface area contributed by atoms with E-state index in [4.69, 9.17) is 5.41 Å². The molecule has 0 aliphatic rings. The van der Waals surface area contributed by atoms with Crippen LogP contribution < -0.4 is 5.09 Å². The van der Waals surface area contributed by atoms with Gasteiger partial charge in [-0.1, -0.05) is 0 Å². The maximum absolute atomic E-state index is 12.8. The summed E-state index contributed by atoms with van der Waals surface area (Å²) in [7, 11) is 0. The molecule has 0 radical (unpaired) electrons. The lowest BCUT2D eigenvalue weighted by Crippen LogP contribution is -2.11. The second kappa shape index (κ2) is 5.84. The van der Waals surface area contributed by atoms with Gasteiger partial charge in [0, 0.05) is 28.3 Å². The van der Waals surface area contributed by atoms with Gasteiger partial charge in [0.25, 0.3) is 0 Å². The lowest BCUT2D eigenvalue weighted by atomic mass is 10.0. The molecule has 1 aromatic carbocycles. The molecule has 0 aliphatic heterocycles. The van der Waals surface area contributed by atoms with Crippen molar-refractivity contribution in [1.29, 1.82) is 5.41 Å². The van der Waals surface area contributed by atoms with Crippen LogP contribution in [0, 0.1) is 12.3 Å². The first kappa shape index (κ1) is 15.2. The molecule has 0 aromatic heterocycles. The van der Waals surface area contributed by atoms with Crippen molar-refractivity contribution < 1.29 is 13.2 Å². The monoisotopic (exact) mass is 438 g/mol. The molecular weight excluding hydrogens is 431 g/mol. The second-order valence-corrected chi connectivity index (χ2v) is 6.06. The van der Waals surface area contributed by atoms with Gasteiger partial charge >= 0.3 is 6.18 Å². The highest BCUT2D eigenvalue weighted by Crippen LogP contribution is 2.42. The number of hydrogen-bond acceptors (Lipinski definition) is 2. The minimum Gasteiger partial charge on any atom is -0.358 e. The summed E-state index contributed by atoms with van der Waals surface area (Å²) in [5, 5.41) is 10.2. The average molecular weight is 439 g/mol. The zero-order valence-corrected chi connectivity index (χ0v) is 13.3. The standard InChI is InChI=1S/C9H8BrF3IN2P/c1-4-2-6(16-17-14)5(3-15)8(10)7(4)9(11,12)13/h2-3,15-17H,1H3. The normalized spacial score (nSPS) is 12.1. The Bertz CT molecular complexity index is 451. The highest BCUT2D eigenvalue weighted by molar-refractivity contribution is 14.2. The van der Waals surface area contributed by atoms with Crippen molar-refractivity contribution in [3.05, 3.63) is 27.2 Å². The van der Waals surface area contributed by atoms with Crippen molar-refractivity contribution in [2.75, 3.05) is 5.09 Å².